The fourth-order valence-corrected chi connectivity index (χ4v) is 3.32. The molecule has 1 heterocycles. The van der Waals surface area contributed by atoms with E-state index in [1.807, 2.05) is 19.2 Å². The van der Waals surface area contributed by atoms with E-state index in [0.717, 1.165) is 48.1 Å². The lowest BCUT2D eigenvalue weighted by molar-refractivity contribution is 0.351. The summed E-state index contributed by atoms with van der Waals surface area (Å²) in [6.45, 7) is 11.2. The number of rotatable bonds is 6. The highest BCUT2D eigenvalue weighted by molar-refractivity contribution is 5.80. The van der Waals surface area contributed by atoms with Crippen molar-refractivity contribution >= 4 is 5.96 Å². The van der Waals surface area contributed by atoms with Gasteiger partial charge in [0.05, 0.1) is 14.2 Å². The van der Waals surface area contributed by atoms with Crippen molar-refractivity contribution in [1.29, 1.82) is 0 Å². The monoisotopic (exact) mass is 345 g/mol. The molecule has 1 aromatic rings. The first-order valence-corrected chi connectivity index (χ1v) is 8.74. The van der Waals surface area contributed by atoms with E-state index in [2.05, 4.69) is 41.7 Å². The molecule has 0 amide bonds. The number of benzene rings is 1. The predicted octanol–water partition coefficient (Wildman–Crippen LogP) is 3.24. The van der Waals surface area contributed by atoms with Crippen LogP contribution in [0.4, 0.5) is 0 Å². The molecule has 1 aliphatic rings. The van der Waals surface area contributed by atoms with E-state index in [9.17, 15) is 0 Å². The van der Waals surface area contributed by atoms with Crippen molar-refractivity contribution in [2.45, 2.75) is 33.2 Å². The Morgan fingerprint density at radius 3 is 2.64 bits per heavy atom. The van der Waals surface area contributed by atoms with Gasteiger partial charge in [-0.3, -0.25) is 4.99 Å². The molecular formula is C20H31N3O2. The number of nitrogens with one attached hydrogen (secondary N) is 1. The van der Waals surface area contributed by atoms with Crippen molar-refractivity contribution in [3.05, 3.63) is 35.9 Å². The second kappa shape index (κ2) is 8.28. The standard InChI is InChI=1S/C20H31N3O2/c1-7-8-16-11-15(12-17(24-5)18(16)25-6)13-22-19(21-4)23-10-9-20(2,3)14-23/h7,11-12H,1,8-10,13-14H2,2-6H3,(H,21,22). The maximum atomic E-state index is 5.50. The van der Waals surface area contributed by atoms with Crippen LogP contribution in [-0.4, -0.2) is 45.2 Å². The molecule has 1 N–H and O–H groups in total. The number of guanidine groups is 1. The van der Waals surface area contributed by atoms with Gasteiger partial charge in [-0.2, -0.15) is 0 Å². The number of hydrogen-bond donors (Lipinski definition) is 1. The van der Waals surface area contributed by atoms with Crippen LogP contribution < -0.4 is 14.8 Å². The Morgan fingerprint density at radius 1 is 1.36 bits per heavy atom. The summed E-state index contributed by atoms with van der Waals surface area (Å²) in [4.78, 5) is 6.77. The van der Waals surface area contributed by atoms with Gasteiger partial charge in [-0.05, 0) is 36.0 Å². The van der Waals surface area contributed by atoms with E-state index in [1.165, 1.54) is 6.42 Å². The maximum absolute atomic E-state index is 5.50. The molecule has 0 aromatic heterocycles. The summed E-state index contributed by atoms with van der Waals surface area (Å²) in [7, 11) is 5.17. The van der Waals surface area contributed by atoms with E-state index in [1.54, 1.807) is 14.2 Å². The molecule has 1 saturated heterocycles. The Hall–Kier alpha value is -2.17. The van der Waals surface area contributed by atoms with Crippen LogP contribution >= 0.6 is 0 Å². The van der Waals surface area contributed by atoms with Gasteiger partial charge in [-0.15, -0.1) is 6.58 Å². The van der Waals surface area contributed by atoms with Gasteiger partial charge in [-0.25, -0.2) is 0 Å². The fourth-order valence-electron chi connectivity index (χ4n) is 3.32. The van der Waals surface area contributed by atoms with Crippen LogP contribution in [-0.2, 0) is 13.0 Å². The largest absolute Gasteiger partial charge is 0.493 e. The van der Waals surface area contributed by atoms with Gasteiger partial charge < -0.3 is 19.7 Å². The molecule has 0 bridgehead atoms. The maximum Gasteiger partial charge on any atom is 0.193 e. The zero-order chi connectivity index (χ0) is 18.4. The minimum atomic E-state index is 0.345. The summed E-state index contributed by atoms with van der Waals surface area (Å²) in [5.74, 6) is 2.47. The van der Waals surface area contributed by atoms with Gasteiger partial charge in [-0.1, -0.05) is 19.9 Å². The number of nitrogens with zero attached hydrogens (tertiary/aromatic N) is 2. The molecular weight excluding hydrogens is 314 g/mol. The number of ether oxygens (including phenoxy) is 2. The Bertz CT molecular complexity index is 638. The molecule has 1 fully saturated rings. The smallest absolute Gasteiger partial charge is 0.193 e. The summed E-state index contributed by atoms with van der Waals surface area (Å²) < 4.78 is 11.0. The molecule has 5 nitrogen and oxygen atoms in total. The molecule has 25 heavy (non-hydrogen) atoms. The zero-order valence-electron chi connectivity index (χ0n) is 16.2. The lowest BCUT2D eigenvalue weighted by Gasteiger charge is -2.24. The lowest BCUT2D eigenvalue weighted by Crippen LogP contribution is -2.40. The molecule has 0 spiro atoms. The Balaban J connectivity index is 2.14. The number of allylic oxidation sites excluding steroid dienone is 1. The Kier molecular flexibility index (Phi) is 6.34. The van der Waals surface area contributed by atoms with Crippen molar-refractivity contribution < 1.29 is 9.47 Å². The quantitative estimate of drug-likeness (QED) is 0.488. The molecule has 1 aliphatic heterocycles. The Labute approximate surface area is 151 Å². The Morgan fingerprint density at radius 2 is 2.12 bits per heavy atom. The van der Waals surface area contributed by atoms with Crippen LogP contribution in [0.15, 0.2) is 29.8 Å². The summed E-state index contributed by atoms with van der Waals surface area (Å²) in [6.07, 6.45) is 3.80. The van der Waals surface area contributed by atoms with Gasteiger partial charge in [0, 0.05) is 32.2 Å². The minimum Gasteiger partial charge on any atom is -0.493 e. The molecule has 0 radical (unpaired) electrons. The topological polar surface area (TPSA) is 46.1 Å². The van der Waals surface area contributed by atoms with E-state index in [4.69, 9.17) is 9.47 Å². The van der Waals surface area contributed by atoms with Crippen molar-refractivity contribution in [2.24, 2.45) is 10.4 Å². The third-order valence-corrected chi connectivity index (χ3v) is 4.62. The first-order chi connectivity index (χ1) is 11.9. The minimum absolute atomic E-state index is 0.345. The average Bonchev–Trinajstić information content (AvgIpc) is 2.95. The van der Waals surface area contributed by atoms with E-state index >= 15 is 0 Å². The third-order valence-electron chi connectivity index (χ3n) is 4.62. The number of hydrogen-bond acceptors (Lipinski definition) is 3. The van der Waals surface area contributed by atoms with Gasteiger partial charge in [0.25, 0.3) is 0 Å². The number of likely N-dealkylation sites (tertiary alicyclic amines) is 1. The summed E-state index contributed by atoms with van der Waals surface area (Å²) in [5.41, 5.74) is 2.55. The molecule has 0 saturated carbocycles. The van der Waals surface area contributed by atoms with Gasteiger partial charge in [0.15, 0.2) is 17.5 Å². The second-order valence-corrected chi connectivity index (χ2v) is 7.22. The van der Waals surface area contributed by atoms with Crippen LogP contribution in [0.3, 0.4) is 0 Å². The van der Waals surface area contributed by atoms with Crippen molar-refractivity contribution in [3.63, 3.8) is 0 Å². The van der Waals surface area contributed by atoms with Gasteiger partial charge >= 0.3 is 0 Å². The van der Waals surface area contributed by atoms with Gasteiger partial charge in [0.2, 0.25) is 0 Å². The van der Waals surface area contributed by atoms with E-state index in [0.29, 0.717) is 12.0 Å². The molecule has 138 valence electrons. The first-order valence-electron chi connectivity index (χ1n) is 8.74. The highest BCUT2D eigenvalue weighted by atomic mass is 16.5. The van der Waals surface area contributed by atoms with Crippen molar-refractivity contribution in [3.8, 4) is 11.5 Å². The normalized spacial score (nSPS) is 16.7. The van der Waals surface area contributed by atoms with Gasteiger partial charge in [0.1, 0.15) is 0 Å². The van der Waals surface area contributed by atoms with Crippen LogP contribution in [0.5, 0.6) is 11.5 Å². The van der Waals surface area contributed by atoms with E-state index < -0.39 is 0 Å². The van der Waals surface area contributed by atoms with Crippen molar-refractivity contribution in [1.82, 2.24) is 10.2 Å². The van der Waals surface area contributed by atoms with Crippen LogP contribution in [0.1, 0.15) is 31.4 Å². The second-order valence-electron chi connectivity index (χ2n) is 7.22. The van der Waals surface area contributed by atoms with Crippen molar-refractivity contribution in [2.75, 3.05) is 34.4 Å². The lowest BCUT2D eigenvalue weighted by atomic mass is 9.93. The molecule has 0 atom stereocenters. The molecule has 2 rings (SSSR count). The summed E-state index contributed by atoms with van der Waals surface area (Å²) in [5, 5.41) is 3.48. The van der Waals surface area contributed by atoms with Crippen LogP contribution in [0.2, 0.25) is 0 Å². The predicted molar refractivity (Wildman–Crippen MR) is 104 cm³/mol. The number of methoxy groups -OCH3 is 2. The summed E-state index contributed by atoms with van der Waals surface area (Å²) >= 11 is 0. The SMILES string of the molecule is C=CCc1cc(CNC(=NC)N2CCC(C)(C)C2)cc(OC)c1OC. The van der Waals surface area contributed by atoms with Crippen LogP contribution in [0.25, 0.3) is 0 Å². The average molecular weight is 345 g/mol. The van der Waals surface area contributed by atoms with Crippen LogP contribution in [0, 0.1) is 5.41 Å². The molecule has 5 heteroatoms. The fraction of sp³-hybridized carbons (Fsp3) is 0.550. The van der Waals surface area contributed by atoms with E-state index in [-0.39, 0.29) is 0 Å². The molecule has 0 aliphatic carbocycles. The highest BCUT2D eigenvalue weighted by Crippen LogP contribution is 2.33. The zero-order valence-corrected chi connectivity index (χ0v) is 16.2. The summed E-state index contributed by atoms with van der Waals surface area (Å²) in [6, 6.07) is 4.15. The third kappa shape index (κ3) is 4.68. The molecule has 0 unspecified atom stereocenters. The highest BCUT2D eigenvalue weighted by Gasteiger charge is 2.30. The first kappa shape index (κ1) is 19.2. The molecule has 1 aromatic carbocycles. The number of aliphatic imine (C=N–C) groups is 1.